The highest BCUT2D eigenvalue weighted by atomic mass is 35.5. The van der Waals surface area contributed by atoms with Crippen molar-refractivity contribution >= 4 is 28.6 Å². The van der Waals surface area contributed by atoms with E-state index < -0.39 is 5.60 Å². The molecule has 29 heavy (non-hydrogen) atoms. The molecule has 0 saturated carbocycles. The van der Waals surface area contributed by atoms with E-state index in [1.54, 1.807) is 12.0 Å². The van der Waals surface area contributed by atoms with Crippen LogP contribution in [0.5, 0.6) is 5.75 Å². The maximum absolute atomic E-state index is 13.0. The molecule has 0 aliphatic carbocycles. The summed E-state index contributed by atoms with van der Waals surface area (Å²) >= 11 is 6.11. The number of hydrogen-bond acceptors (Lipinski definition) is 3. The van der Waals surface area contributed by atoms with Gasteiger partial charge in [0.05, 0.1) is 7.11 Å². The van der Waals surface area contributed by atoms with E-state index in [1.165, 1.54) is 5.56 Å². The Labute approximate surface area is 175 Å². The molecule has 3 aromatic rings. The van der Waals surface area contributed by atoms with Crippen LogP contribution in [0.25, 0.3) is 10.9 Å². The molecule has 1 aromatic heterocycles. The minimum Gasteiger partial charge on any atom is -0.497 e. The van der Waals surface area contributed by atoms with Gasteiger partial charge in [-0.15, -0.1) is 0 Å². The van der Waals surface area contributed by atoms with Crippen LogP contribution in [0.4, 0.5) is 4.79 Å². The predicted molar refractivity (Wildman–Crippen MR) is 115 cm³/mol. The van der Waals surface area contributed by atoms with Crippen LogP contribution in [0.2, 0.25) is 5.02 Å². The number of aromatic amines is 1. The molecule has 2 aromatic carbocycles. The molecule has 1 aliphatic heterocycles. The first-order valence-electron chi connectivity index (χ1n) is 9.70. The number of methoxy groups -OCH3 is 1. The van der Waals surface area contributed by atoms with Gasteiger partial charge in [0.25, 0.3) is 0 Å². The third kappa shape index (κ3) is 3.79. The Kier molecular flexibility index (Phi) is 4.95. The van der Waals surface area contributed by atoms with Crippen molar-refractivity contribution in [3.05, 3.63) is 64.3 Å². The van der Waals surface area contributed by atoms with E-state index in [-0.39, 0.29) is 12.1 Å². The number of ether oxygens (including phenoxy) is 2. The number of H-pyrrole nitrogens is 1. The lowest BCUT2D eigenvalue weighted by molar-refractivity contribution is 0.0175. The Hall–Kier alpha value is -2.66. The SMILES string of the molecule is COc1ccc2c3c([nH]c2c1)C(c1ccc(Cl)cc1)N(C(=O)OC(C)(C)C)CC3. The summed E-state index contributed by atoms with van der Waals surface area (Å²) in [5.74, 6) is 0.795. The lowest BCUT2D eigenvalue weighted by Crippen LogP contribution is -2.43. The summed E-state index contributed by atoms with van der Waals surface area (Å²) in [6.07, 6.45) is 0.435. The normalized spacial score (nSPS) is 16.6. The van der Waals surface area contributed by atoms with Gasteiger partial charge in [-0.25, -0.2) is 4.79 Å². The van der Waals surface area contributed by atoms with Crippen LogP contribution in [-0.4, -0.2) is 35.2 Å². The second-order valence-corrected chi connectivity index (χ2v) is 8.74. The average molecular weight is 413 g/mol. The number of carbonyl (C=O) groups is 1. The van der Waals surface area contributed by atoms with Crippen LogP contribution in [0.1, 0.15) is 43.6 Å². The molecule has 0 fully saturated rings. The number of hydrogen-bond donors (Lipinski definition) is 1. The molecule has 0 saturated heterocycles. The quantitative estimate of drug-likeness (QED) is 0.586. The van der Waals surface area contributed by atoms with Crippen molar-refractivity contribution in [2.24, 2.45) is 0 Å². The molecule has 1 unspecified atom stereocenters. The Morgan fingerprint density at radius 2 is 1.90 bits per heavy atom. The van der Waals surface area contributed by atoms with Crippen molar-refractivity contribution in [1.29, 1.82) is 0 Å². The predicted octanol–water partition coefficient (Wildman–Crippen LogP) is 5.71. The zero-order chi connectivity index (χ0) is 20.8. The minimum absolute atomic E-state index is 0.274. The van der Waals surface area contributed by atoms with Crippen LogP contribution >= 0.6 is 11.6 Å². The van der Waals surface area contributed by atoms with Crippen molar-refractivity contribution in [1.82, 2.24) is 9.88 Å². The van der Waals surface area contributed by atoms with E-state index in [9.17, 15) is 4.79 Å². The maximum Gasteiger partial charge on any atom is 0.411 e. The number of nitrogens with one attached hydrogen (secondary N) is 1. The van der Waals surface area contributed by atoms with E-state index in [4.69, 9.17) is 21.1 Å². The third-order valence-electron chi connectivity index (χ3n) is 5.15. The van der Waals surface area contributed by atoms with Crippen LogP contribution in [0, 0.1) is 0 Å². The van der Waals surface area contributed by atoms with Gasteiger partial charge in [-0.2, -0.15) is 0 Å². The summed E-state index contributed by atoms with van der Waals surface area (Å²) < 4.78 is 11.1. The summed E-state index contributed by atoms with van der Waals surface area (Å²) in [6.45, 7) is 6.22. The molecule has 0 bridgehead atoms. The first-order valence-corrected chi connectivity index (χ1v) is 10.1. The van der Waals surface area contributed by atoms with Gasteiger partial charge in [0, 0.05) is 34.2 Å². The van der Waals surface area contributed by atoms with Gasteiger partial charge in [0.1, 0.15) is 17.4 Å². The number of amides is 1. The van der Waals surface area contributed by atoms with Crippen molar-refractivity contribution in [3.8, 4) is 5.75 Å². The van der Waals surface area contributed by atoms with Crippen molar-refractivity contribution < 1.29 is 14.3 Å². The third-order valence-corrected chi connectivity index (χ3v) is 5.40. The Morgan fingerprint density at radius 1 is 1.17 bits per heavy atom. The first kappa shape index (κ1) is 19.6. The zero-order valence-corrected chi connectivity index (χ0v) is 17.8. The fourth-order valence-corrected chi connectivity index (χ4v) is 4.04. The second-order valence-electron chi connectivity index (χ2n) is 8.31. The Balaban J connectivity index is 1.84. The second kappa shape index (κ2) is 7.30. The van der Waals surface area contributed by atoms with Gasteiger partial charge in [0.15, 0.2) is 0 Å². The highest BCUT2D eigenvalue weighted by Crippen LogP contribution is 2.40. The van der Waals surface area contributed by atoms with E-state index in [1.807, 2.05) is 57.2 Å². The highest BCUT2D eigenvalue weighted by molar-refractivity contribution is 6.30. The number of nitrogens with zero attached hydrogens (tertiary/aromatic N) is 1. The number of fused-ring (bicyclic) bond motifs is 3. The lowest BCUT2D eigenvalue weighted by atomic mass is 9.92. The standard InChI is InChI=1S/C23H25ClN2O3/c1-23(2,3)29-22(27)26-12-11-18-17-10-9-16(28-4)13-19(17)25-20(18)21(26)14-5-7-15(24)8-6-14/h5-10,13,21,25H,11-12H2,1-4H3. The van der Waals surface area contributed by atoms with Gasteiger partial charge >= 0.3 is 6.09 Å². The van der Waals surface area contributed by atoms with Crippen molar-refractivity contribution in [2.75, 3.05) is 13.7 Å². The van der Waals surface area contributed by atoms with Gasteiger partial charge in [-0.05, 0) is 62.6 Å². The monoisotopic (exact) mass is 412 g/mol. The summed E-state index contributed by atoms with van der Waals surface area (Å²) in [5.41, 5.74) is 3.66. The van der Waals surface area contributed by atoms with Gasteiger partial charge in [0.2, 0.25) is 0 Å². The van der Waals surface area contributed by atoms with E-state index in [2.05, 4.69) is 11.1 Å². The van der Waals surface area contributed by atoms with E-state index >= 15 is 0 Å². The van der Waals surface area contributed by atoms with Crippen LogP contribution in [-0.2, 0) is 11.2 Å². The van der Waals surface area contributed by atoms with Gasteiger partial charge < -0.3 is 14.5 Å². The highest BCUT2D eigenvalue weighted by Gasteiger charge is 2.36. The minimum atomic E-state index is -0.560. The average Bonchev–Trinajstić information content (AvgIpc) is 3.04. The molecule has 0 radical (unpaired) electrons. The summed E-state index contributed by atoms with van der Waals surface area (Å²) in [6, 6.07) is 13.4. The van der Waals surface area contributed by atoms with Crippen molar-refractivity contribution in [3.63, 3.8) is 0 Å². The summed E-state index contributed by atoms with van der Waals surface area (Å²) in [7, 11) is 1.66. The van der Waals surface area contributed by atoms with Crippen LogP contribution in [0.15, 0.2) is 42.5 Å². The van der Waals surface area contributed by atoms with Crippen molar-refractivity contribution in [2.45, 2.75) is 38.8 Å². The molecular formula is C23H25ClN2O3. The number of carbonyl (C=O) groups excluding carboxylic acids is 1. The number of aromatic nitrogens is 1. The molecule has 1 N–H and O–H groups in total. The van der Waals surface area contributed by atoms with Crippen LogP contribution < -0.4 is 4.74 Å². The molecule has 1 amide bonds. The molecule has 1 atom stereocenters. The molecule has 6 heteroatoms. The van der Waals surface area contributed by atoms with Crippen LogP contribution in [0.3, 0.4) is 0 Å². The van der Waals surface area contributed by atoms with E-state index in [0.29, 0.717) is 11.6 Å². The zero-order valence-electron chi connectivity index (χ0n) is 17.1. The molecule has 152 valence electrons. The first-order chi connectivity index (χ1) is 13.8. The Morgan fingerprint density at radius 3 is 2.55 bits per heavy atom. The molecule has 5 nitrogen and oxygen atoms in total. The number of rotatable bonds is 2. The lowest BCUT2D eigenvalue weighted by Gasteiger charge is -2.37. The smallest absolute Gasteiger partial charge is 0.411 e. The van der Waals surface area contributed by atoms with E-state index in [0.717, 1.165) is 34.3 Å². The summed E-state index contributed by atoms with van der Waals surface area (Å²) in [4.78, 5) is 18.4. The maximum atomic E-state index is 13.0. The topological polar surface area (TPSA) is 54.6 Å². The largest absolute Gasteiger partial charge is 0.497 e. The van der Waals surface area contributed by atoms with Gasteiger partial charge in [-0.3, -0.25) is 4.90 Å². The fraction of sp³-hybridized carbons (Fsp3) is 0.348. The van der Waals surface area contributed by atoms with Gasteiger partial charge in [-0.1, -0.05) is 23.7 Å². The Bertz CT molecular complexity index is 1050. The molecular weight excluding hydrogens is 388 g/mol. The molecule has 4 rings (SSSR count). The number of halogens is 1. The molecule has 0 spiro atoms. The molecule has 1 aliphatic rings. The molecule has 2 heterocycles. The number of benzene rings is 2. The summed E-state index contributed by atoms with van der Waals surface area (Å²) in [5, 5.41) is 1.82. The fourth-order valence-electron chi connectivity index (χ4n) is 3.91.